The monoisotopic (exact) mass is 179 g/mol. The lowest BCUT2D eigenvalue weighted by atomic mass is 10.0. The Morgan fingerprint density at radius 2 is 2.08 bits per heavy atom. The molecule has 0 unspecified atom stereocenters. The molecular formula is C9H10FN3. The van der Waals surface area contributed by atoms with Gasteiger partial charge in [0.1, 0.15) is 5.82 Å². The standard InChI is InChI=1S/C9H10FN3/c1-5-6(4-11)2-7(10)3-8(5)9(12)13/h2-3,9H,12-13H2,1H3. The van der Waals surface area contributed by atoms with Gasteiger partial charge in [-0.15, -0.1) is 0 Å². The first-order chi connectivity index (χ1) is 6.06. The second-order valence-electron chi connectivity index (χ2n) is 2.81. The Balaban J connectivity index is 3.38. The zero-order chi connectivity index (χ0) is 10.0. The van der Waals surface area contributed by atoms with Crippen LogP contribution in [-0.2, 0) is 0 Å². The largest absolute Gasteiger partial charge is 0.312 e. The van der Waals surface area contributed by atoms with Crippen LogP contribution >= 0.6 is 0 Å². The van der Waals surface area contributed by atoms with Crippen molar-refractivity contribution >= 4 is 0 Å². The lowest BCUT2D eigenvalue weighted by molar-refractivity contribution is 0.619. The summed E-state index contributed by atoms with van der Waals surface area (Å²) in [7, 11) is 0. The van der Waals surface area contributed by atoms with Crippen molar-refractivity contribution in [2.45, 2.75) is 13.1 Å². The highest BCUT2D eigenvalue weighted by Gasteiger charge is 2.10. The zero-order valence-electron chi connectivity index (χ0n) is 7.21. The molecule has 0 fully saturated rings. The number of rotatable bonds is 1. The Kier molecular flexibility index (Phi) is 2.61. The molecule has 0 bridgehead atoms. The van der Waals surface area contributed by atoms with Crippen LogP contribution in [-0.4, -0.2) is 0 Å². The molecule has 4 heteroatoms. The molecule has 0 aliphatic heterocycles. The number of nitriles is 1. The number of hydrogen-bond acceptors (Lipinski definition) is 3. The van der Waals surface area contributed by atoms with Gasteiger partial charge in [0.15, 0.2) is 0 Å². The Morgan fingerprint density at radius 1 is 1.46 bits per heavy atom. The topological polar surface area (TPSA) is 75.8 Å². The third kappa shape index (κ3) is 1.83. The zero-order valence-corrected chi connectivity index (χ0v) is 7.21. The van der Waals surface area contributed by atoms with Gasteiger partial charge in [-0.05, 0) is 30.2 Å². The fourth-order valence-corrected chi connectivity index (χ4v) is 1.16. The molecule has 3 nitrogen and oxygen atoms in total. The van der Waals surface area contributed by atoms with Crippen molar-refractivity contribution in [3.8, 4) is 6.07 Å². The summed E-state index contributed by atoms with van der Waals surface area (Å²) >= 11 is 0. The van der Waals surface area contributed by atoms with E-state index in [1.54, 1.807) is 6.92 Å². The van der Waals surface area contributed by atoms with E-state index in [1.807, 2.05) is 6.07 Å². The Morgan fingerprint density at radius 3 is 2.54 bits per heavy atom. The summed E-state index contributed by atoms with van der Waals surface area (Å²) in [4.78, 5) is 0. The van der Waals surface area contributed by atoms with Gasteiger partial charge in [0, 0.05) is 0 Å². The molecule has 0 spiro atoms. The summed E-state index contributed by atoms with van der Waals surface area (Å²) in [5, 5.41) is 8.65. The molecule has 0 aliphatic rings. The van der Waals surface area contributed by atoms with Crippen molar-refractivity contribution in [2.24, 2.45) is 11.5 Å². The molecule has 0 heterocycles. The van der Waals surface area contributed by atoms with Crippen molar-refractivity contribution < 1.29 is 4.39 Å². The van der Waals surface area contributed by atoms with Gasteiger partial charge in [-0.25, -0.2) is 4.39 Å². The third-order valence-electron chi connectivity index (χ3n) is 1.89. The van der Waals surface area contributed by atoms with Gasteiger partial charge >= 0.3 is 0 Å². The Bertz CT molecular complexity index is 366. The van der Waals surface area contributed by atoms with Gasteiger partial charge in [-0.1, -0.05) is 0 Å². The van der Waals surface area contributed by atoms with Crippen LogP contribution in [0, 0.1) is 24.1 Å². The molecule has 0 radical (unpaired) electrons. The minimum Gasteiger partial charge on any atom is -0.312 e. The quantitative estimate of drug-likeness (QED) is 0.629. The molecule has 0 aromatic heterocycles. The average molecular weight is 179 g/mol. The van der Waals surface area contributed by atoms with Crippen molar-refractivity contribution in [2.75, 3.05) is 0 Å². The lowest BCUT2D eigenvalue weighted by Crippen LogP contribution is -2.21. The predicted octanol–water partition coefficient (Wildman–Crippen LogP) is 0.922. The number of hydrogen-bond donors (Lipinski definition) is 2. The van der Waals surface area contributed by atoms with E-state index in [0.717, 1.165) is 0 Å². The fraction of sp³-hybridized carbons (Fsp3) is 0.222. The molecule has 1 aromatic rings. The molecule has 1 rings (SSSR count). The van der Waals surface area contributed by atoms with E-state index in [-0.39, 0.29) is 5.56 Å². The average Bonchev–Trinajstić information content (AvgIpc) is 2.08. The SMILES string of the molecule is Cc1c(C#N)cc(F)cc1C(N)N. The van der Waals surface area contributed by atoms with Crippen LogP contribution in [0.2, 0.25) is 0 Å². The Labute approximate surface area is 75.8 Å². The van der Waals surface area contributed by atoms with Gasteiger partial charge in [-0.3, -0.25) is 0 Å². The van der Waals surface area contributed by atoms with Crippen molar-refractivity contribution in [1.82, 2.24) is 0 Å². The van der Waals surface area contributed by atoms with Crippen LogP contribution in [0.15, 0.2) is 12.1 Å². The van der Waals surface area contributed by atoms with Crippen LogP contribution < -0.4 is 11.5 Å². The summed E-state index contributed by atoms with van der Waals surface area (Å²) in [5.41, 5.74) is 12.2. The smallest absolute Gasteiger partial charge is 0.124 e. The lowest BCUT2D eigenvalue weighted by Gasteiger charge is -2.10. The fourth-order valence-electron chi connectivity index (χ4n) is 1.16. The van der Waals surface area contributed by atoms with E-state index in [9.17, 15) is 4.39 Å². The maximum Gasteiger partial charge on any atom is 0.124 e. The minimum atomic E-state index is -0.747. The number of halogens is 1. The van der Waals surface area contributed by atoms with E-state index in [4.69, 9.17) is 16.7 Å². The summed E-state index contributed by atoms with van der Waals surface area (Å²) in [5.74, 6) is -0.488. The molecule has 0 amide bonds. The van der Waals surface area contributed by atoms with E-state index >= 15 is 0 Å². The number of nitrogens with two attached hydrogens (primary N) is 2. The van der Waals surface area contributed by atoms with Crippen molar-refractivity contribution in [3.05, 3.63) is 34.6 Å². The summed E-state index contributed by atoms with van der Waals surface area (Å²) in [6.07, 6.45) is -0.747. The van der Waals surface area contributed by atoms with Gasteiger partial charge in [0.05, 0.1) is 17.8 Å². The molecule has 68 valence electrons. The summed E-state index contributed by atoms with van der Waals surface area (Å²) in [6, 6.07) is 4.30. The maximum atomic E-state index is 12.9. The third-order valence-corrected chi connectivity index (χ3v) is 1.89. The summed E-state index contributed by atoms with van der Waals surface area (Å²) < 4.78 is 12.9. The van der Waals surface area contributed by atoms with Crippen LogP contribution in [0.5, 0.6) is 0 Å². The molecule has 0 aliphatic carbocycles. The van der Waals surface area contributed by atoms with Crippen LogP contribution in [0.3, 0.4) is 0 Å². The van der Waals surface area contributed by atoms with Gasteiger partial charge < -0.3 is 11.5 Å². The highest BCUT2D eigenvalue weighted by molar-refractivity contribution is 5.43. The molecule has 13 heavy (non-hydrogen) atoms. The van der Waals surface area contributed by atoms with E-state index in [2.05, 4.69) is 0 Å². The first-order valence-electron chi connectivity index (χ1n) is 3.77. The molecule has 0 saturated heterocycles. The maximum absolute atomic E-state index is 12.9. The number of benzene rings is 1. The van der Waals surface area contributed by atoms with Crippen molar-refractivity contribution in [1.29, 1.82) is 5.26 Å². The molecule has 4 N–H and O–H groups in total. The van der Waals surface area contributed by atoms with E-state index < -0.39 is 12.0 Å². The van der Waals surface area contributed by atoms with Gasteiger partial charge in [0.2, 0.25) is 0 Å². The number of nitrogens with zero attached hydrogens (tertiary/aromatic N) is 1. The van der Waals surface area contributed by atoms with E-state index in [1.165, 1.54) is 12.1 Å². The van der Waals surface area contributed by atoms with Gasteiger partial charge in [-0.2, -0.15) is 5.26 Å². The van der Waals surface area contributed by atoms with Crippen LogP contribution in [0.1, 0.15) is 22.9 Å². The second kappa shape index (κ2) is 3.52. The molecule has 0 atom stereocenters. The summed E-state index contributed by atoms with van der Waals surface area (Å²) in [6.45, 7) is 1.69. The van der Waals surface area contributed by atoms with Gasteiger partial charge in [0.25, 0.3) is 0 Å². The highest BCUT2D eigenvalue weighted by atomic mass is 19.1. The molecule has 0 saturated carbocycles. The highest BCUT2D eigenvalue weighted by Crippen LogP contribution is 2.18. The normalized spacial score (nSPS) is 10.2. The molecular weight excluding hydrogens is 169 g/mol. The Hall–Kier alpha value is -1.44. The molecule has 1 aromatic carbocycles. The predicted molar refractivity (Wildman–Crippen MR) is 47.0 cm³/mol. The van der Waals surface area contributed by atoms with E-state index in [0.29, 0.717) is 11.1 Å². The van der Waals surface area contributed by atoms with Crippen LogP contribution in [0.4, 0.5) is 4.39 Å². The van der Waals surface area contributed by atoms with Crippen molar-refractivity contribution in [3.63, 3.8) is 0 Å². The van der Waals surface area contributed by atoms with Crippen LogP contribution in [0.25, 0.3) is 0 Å². The second-order valence-corrected chi connectivity index (χ2v) is 2.81. The first-order valence-corrected chi connectivity index (χ1v) is 3.77. The first kappa shape index (κ1) is 9.65. The minimum absolute atomic E-state index is 0.274.